The number of amides is 2. The third-order valence-electron chi connectivity index (χ3n) is 5.12. The molecule has 0 fully saturated rings. The molecule has 3 aromatic rings. The van der Waals surface area contributed by atoms with Gasteiger partial charge in [-0.15, -0.1) is 0 Å². The smallest absolute Gasteiger partial charge is 0.254 e. The van der Waals surface area contributed by atoms with Crippen LogP contribution >= 0.6 is 0 Å². The molecule has 0 radical (unpaired) electrons. The lowest BCUT2D eigenvalue weighted by molar-refractivity contribution is -0.116. The molecule has 0 saturated heterocycles. The maximum absolute atomic E-state index is 13.2. The molecule has 32 heavy (non-hydrogen) atoms. The Bertz CT molecular complexity index is 1100. The Hall–Kier alpha value is -3.48. The SMILES string of the molecule is CCN(CC(=O)Nc1cc(C(C)(C)C)nn1-c1ccc(C)cc1)C(=O)c1ccc(F)cc1. The van der Waals surface area contributed by atoms with Crippen LogP contribution in [-0.2, 0) is 10.2 Å². The second kappa shape index (κ2) is 9.34. The molecule has 1 N–H and O–H groups in total. The maximum atomic E-state index is 13.2. The Balaban J connectivity index is 1.82. The third kappa shape index (κ3) is 5.41. The number of nitrogens with zero attached hydrogens (tertiary/aromatic N) is 3. The molecular weight excluding hydrogens is 407 g/mol. The summed E-state index contributed by atoms with van der Waals surface area (Å²) in [5.41, 5.74) is 2.92. The maximum Gasteiger partial charge on any atom is 0.254 e. The zero-order valence-electron chi connectivity index (χ0n) is 19.1. The summed E-state index contributed by atoms with van der Waals surface area (Å²) in [6, 6.07) is 15.0. The van der Waals surface area contributed by atoms with Crippen LogP contribution in [0.4, 0.5) is 10.2 Å². The van der Waals surface area contributed by atoms with Crippen molar-refractivity contribution in [2.24, 2.45) is 0 Å². The average molecular weight is 437 g/mol. The first kappa shape index (κ1) is 23.2. The van der Waals surface area contributed by atoms with Crippen LogP contribution in [-0.4, -0.2) is 39.6 Å². The van der Waals surface area contributed by atoms with Crippen LogP contribution in [0.5, 0.6) is 0 Å². The molecule has 0 aliphatic carbocycles. The summed E-state index contributed by atoms with van der Waals surface area (Å²) < 4.78 is 14.9. The largest absolute Gasteiger partial charge is 0.330 e. The van der Waals surface area contributed by atoms with Crippen LogP contribution in [0.15, 0.2) is 54.6 Å². The topological polar surface area (TPSA) is 67.2 Å². The van der Waals surface area contributed by atoms with E-state index in [-0.39, 0.29) is 23.8 Å². The number of halogens is 1. The number of hydrogen-bond acceptors (Lipinski definition) is 3. The van der Waals surface area contributed by atoms with Gasteiger partial charge < -0.3 is 10.2 Å². The van der Waals surface area contributed by atoms with Crippen LogP contribution in [0.2, 0.25) is 0 Å². The molecule has 2 aromatic carbocycles. The van der Waals surface area contributed by atoms with Gasteiger partial charge in [-0.05, 0) is 50.2 Å². The van der Waals surface area contributed by atoms with Crippen molar-refractivity contribution in [3.8, 4) is 5.69 Å². The number of rotatable bonds is 6. The number of carbonyl (C=O) groups is 2. The molecule has 0 spiro atoms. The lowest BCUT2D eigenvalue weighted by Crippen LogP contribution is -2.38. The highest BCUT2D eigenvalue weighted by atomic mass is 19.1. The van der Waals surface area contributed by atoms with Crippen molar-refractivity contribution in [3.05, 3.63) is 77.2 Å². The van der Waals surface area contributed by atoms with Gasteiger partial charge in [0.2, 0.25) is 5.91 Å². The van der Waals surface area contributed by atoms with Gasteiger partial charge in [0.1, 0.15) is 18.2 Å². The number of nitrogens with one attached hydrogen (secondary N) is 1. The summed E-state index contributed by atoms with van der Waals surface area (Å²) in [7, 11) is 0. The van der Waals surface area contributed by atoms with E-state index in [0.717, 1.165) is 16.9 Å². The fourth-order valence-corrected chi connectivity index (χ4v) is 3.18. The Morgan fingerprint density at radius 2 is 1.69 bits per heavy atom. The highest BCUT2D eigenvalue weighted by Crippen LogP contribution is 2.26. The van der Waals surface area contributed by atoms with Crippen molar-refractivity contribution in [3.63, 3.8) is 0 Å². The minimum Gasteiger partial charge on any atom is -0.330 e. The molecule has 7 heteroatoms. The van der Waals surface area contributed by atoms with Gasteiger partial charge in [-0.25, -0.2) is 9.07 Å². The normalized spacial score (nSPS) is 11.3. The van der Waals surface area contributed by atoms with Gasteiger partial charge in [0.25, 0.3) is 5.91 Å². The molecule has 6 nitrogen and oxygen atoms in total. The monoisotopic (exact) mass is 436 g/mol. The fraction of sp³-hybridized carbons (Fsp3) is 0.320. The second-order valence-corrected chi connectivity index (χ2v) is 8.79. The van der Waals surface area contributed by atoms with E-state index < -0.39 is 5.82 Å². The van der Waals surface area contributed by atoms with Crippen molar-refractivity contribution in [1.29, 1.82) is 0 Å². The van der Waals surface area contributed by atoms with Crippen LogP contribution in [0, 0.1) is 12.7 Å². The van der Waals surface area contributed by atoms with Crippen molar-refractivity contribution in [1.82, 2.24) is 14.7 Å². The van der Waals surface area contributed by atoms with E-state index >= 15 is 0 Å². The van der Waals surface area contributed by atoms with Gasteiger partial charge in [-0.1, -0.05) is 38.5 Å². The van der Waals surface area contributed by atoms with E-state index in [0.29, 0.717) is 17.9 Å². The van der Waals surface area contributed by atoms with Crippen molar-refractivity contribution in [2.75, 3.05) is 18.4 Å². The van der Waals surface area contributed by atoms with E-state index in [9.17, 15) is 14.0 Å². The first-order valence-electron chi connectivity index (χ1n) is 10.6. The summed E-state index contributed by atoms with van der Waals surface area (Å²) in [6.45, 7) is 10.2. The van der Waals surface area contributed by atoms with E-state index in [1.807, 2.05) is 37.3 Å². The zero-order valence-corrected chi connectivity index (χ0v) is 19.1. The van der Waals surface area contributed by atoms with Crippen molar-refractivity contribution >= 4 is 17.6 Å². The van der Waals surface area contributed by atoms with Crippen LogP contribution in [0.3, 0.4) is 0 Å². The first-order valence-corrected chi connectivity index (χ1v) is 10.6. The predicted molar refractivity (Wildman–Crippen MR) is 124 cm³/mol. The number of aryl methyl sites for hydroxylation is 1. The van der Waals surface area contributed by atoms with E-state index in [1.165, 1.54) is 29.2 Å². The van der Waals surface area contributed by atoms with E-state index in [2.05, 4.69) is 26.1 Å². The van der Waals surface area contributed by atoms with Gasteiger partial charge in [-0.2, -0.15) is 5.10 Å². The molecule has 3 rings (SSSR count). The molecule has 1 heterocycles. The molecular formula is C25H29FN4O2. The van der Waals surface area contributed by atoms with Gasteiger partial charge in [0.15, 0.2) is 0 Å². The molecule has 0 aliphatic heterocycles. The van der Waals surface area contributed by atoms with Crippen molar-refractivity contribution in [2.45, 2.75) is 40.0 Å². The van der Waals surface area contributed by atoms with Crippen LogP contribution in [0.25, 0.3) is 5.69 Å². The van der Waals surface area contributed by atoms with Crippen LogP contribution < -0.4 is 5.32 Å². The number of aromatic nitrogens is 2. The summed E-state index contributed by atoms with van der Waals surface area (Å²) in [5.74, 6) is -0.545. The minimum absolute atomic E-state index is 0.128. The highest BCUT2D eigenvalue weighted by molar-refractivity contribution is 5.99. The standard InChI is InChI=1S/C25H29FN4O2/c1-6-29(24(32)18-9-11-19(26)12-10-18)16-23(31)27-22-15-21(25(3,4)5)28-30(22)20-13-7-17(2)8-14-20/h7-15H,6,16H2,1-5H3,(H,27,31). The molecule has 0 unspecified atom stereocenters. The Morgan fingerprint density at radius 1 is 1.06 bits per heavy atom. The lowest BCUT2D eigenvalue weighted by atomic mass is 9.92. The zero-order chi connectivity index (χ0) is 23.5. The second-order valence-electron chi connectivity index (χ2n) is 8.79. The number of anilines is 1. The number of benzene rings is 2. The van der Waals surface area contributed by atoms with E-state index in [4.69, 9.17) is 5.10 Å². The van der Waals surface area contributed by atoms with E-state index in [1.54, 1.807) is 11.6 Å². The van der Waals surface area contributed by atoms with Gasteiger partial charge in [-0.3, -0.25) is 9.59 Å². The summed E-state index contributed by atoms with van der Waals surface area (Å²) in [4.78, 5) is 27.0. The third-order valence-corrected chi connectivity index (χ3v) is 5.12. The molecule has 0 atom stereocenters. The summed E-state index contributed by atoms with van der Waals surface area (Å²) in [6.07, 6.45) is 0. The molecule has 1 aromatic heterocycles. The molecule has 168 valence electrons. The Kier molecular flexibility index (Phi) is 6.77. The fourth-order valence-electron chi connectivity index (χ4n) is 3.18. The number of carbonyl (C=O) groups excluding carboxylic acids is 2. The summed E-state index contributed by atoms with van der Waals surface area (Å²) >= 11 is 0. The molecule has 0 aliphatic rings. The minimum atomic E-state index is -0.415. The number of likely N-dealkylation sites (N-methyl/N-ethyl adjacent to an activating group) is 1. The quantitative estimate of drug-likeness (QED) is 0.608. The first-order chi connectivity index (χ1) is 15.1. The Labute approximate surface area is 188 Å². The van der Waals surface area contributed by atoms with Gasteiger partial charge in [0.05, 0.1) is 11.4 Å². The lowest BCUT2D eigenvalue weighted by Gasteiger charge is -2.20. The van der Waals surface area contributed by atoms with Gasteiger partial charge in [0, 0.05) is 23.6 Å². The highest BCUT2D eigenvalue weighted by Gasteiger charge is 2.23. The van der Waals surface area contributed by atoms with Gasteiger partial charge >= 0.3 is 0 Å². The molecule has 0 saturated carbocycles. The molecule has 2 amide bonds. The predicted octanol–water partition coefficient (Wildman–Crippen LogP) is 4.72. The number of hydrogen-bond donors (Lipinski definition) is 1. The Morgan fingerprint density at radius 3 is 2.25 bits per heavy atom. The van der Waals surface area contributed by atoms with Crippen LogP contribution in [0.1, 0.15) is 49.3 Å². The van der Waals surface area contributed by atoms with Crippen molar-refractivity contribution < 1.29 is 14.0 Å². The summed E-state index contributed by atoms with van der Waals surface area (Å²) in [5, 5.41) is 7.61. The average Bonchev–Trinajstić information content (AvgIpc) is 3.17. The molecule has 0 bridgehead atoms.